The molecule has 4 nitrogen and oxygen atoms in total. The van der Waals surface area contributed by atoms with E-state index < -0.39 is 0 Å². The molecule has 1 unspecified atom stereocenters. The number of aliphatic hydroxyl groups is 1. The quantitative estimate of drug-likeness (QED) is 0.630. The van der Waals surface area contributed by atoms with Crippen LogP contribution in [0.5, 0.6) is 0 Å². The molecule has 0 aliphatic heterocycles. The largest absolute Gasteiger partial charge is 0.395 e. The maximum Gasteiger partial charge on any atom is 0.234 e. The van der Waals surface area contributed by atoms with Gasteiger partial charge >= 0.3 is 0 Å². The van der Waals surface area contributed by atoms with E-state index >= 15 is 0 Å². The fraction of sp³-hybridized carbons (Fsp3) is 0.917. The van der Waals surface area contributed by atoms with Gasteiger partial charge < -0.3 is 15.7 Å². The highest BCUT2D eigenvalue weighted by molar-refractivity contribution is 5.78. The lowest BCUT2D eigenvalue weighted by Gasteiger charge is -2.23. The van der Waals surface area contributed by atoms with Crippen LogP contribution in [0.2, 0.25) is 0 Å². The van der Waals surface area contributed by atoms with Crippen molar-refractivity contribution < 1.29 is 9.90 Å². The van der Waals surface area contributed by atoms with Crippen LogP contribution in [0.4, 0.5) is 0 Å². The zero-order chi connectivity index (χ0) is 11.8. The normalized spacial score (nSPS) is 19.4. The van der Waals surface area contributed by atoms with Crippen molar-refractivity contribution >= 4 is 5.91 Å². The molecule has 94 valence electrons. The maximum absolute atomic E-state index is 11.6. The van der Waals surface area contributed by atoms with Crippen molar-refractivity contribution in [3.63, 3.8) is 0 Å². The summed E-state index contributed by atoms with van der Waals surface area (Å²) in [6, 6.07) is 0.411. The smallest absolute Gasteiger partial charge is 0.234 e. The number of nitrogens with one attached hydrogen (secondary N) is 2. The summed E-state index contributed by atoms with van der Waals surface area (Å²) >= 11 is 0. The van der Waals surface area contributed by atoms with Gasteiger partial charge in [-0.3, -0.25) is 4.79 Å². The number of rotatable bonds is 6. The SMILES string of the molecule is CCC(CO)NCC(=O)NC1CCCCC1. The number of aliphatic hydroxyl groups excluding tert-OH is 1. The first kappa shape index (κ1) is 13.5. The summed E-state index contributed by atoms with van der Waals surface area (Å²) in [5, 5.41) is 15.1. The molecule has 1 rings (SSSR count). The zero-order valence-electron chi connectivity index (χ0n) is 10.2. The van der Waals surface area contributed by atoms with E-state index in [1.54, 1.807) is 0 Å². The number of carbonyl (C=O) groups excluding carboxylic acids is 1. The van der Waals surface area contributed by atoms with Gasteiger partial charge in [0, 0.05) is 12.1 Å². The van der Waals surface area contributed by atoms with Gasteiger partial charge in [-0.1, -0.05) is 26.2 Å². The van der Waals surface area contributed by atoms with E-state index in [9.17, 15) is 4.79 Å². The first-order chi connectivity index (χ1) is 7.76. The van der Waals surface area contributed by atoms with Gasteiger partial charge in [0.05, 0.1) is 13.2 Å². The fourth-order valence-corrected chi connectivity index (χ4v) is 2.10. The van der Waals surface area contributed by atoms with E-state index in [-0.39, 0.29) is 18.6 Å². The standard InChI is InChI=1S/C12H24N2O2/c1-2-10(9-15)13-8-12(16)14-11-6-4-3-5-7-11/h10-11,13,15H,2-9H2,1H3,(H,14,16). The summed E-state index contributed by atoms with van der Waals surface area (Å²) in [4.78, 5) is 11.6. The highest BCUT2D eigenvalue weighted by atomic mass is 16.3. The van der Waals surface area contributed by atoms with Crippen molar-refractivity contribution in [2.24, 2.45) is 0 Å². The third-order valence-electron chi connectivity index (χ3n) is 3.23. The Balaban J connectivity index is 2.14. The monoisotopic (exact) mass is 228 g/mol. The lowest BCUT2D eigenvalue weighted by atomic mass is 9.95. The van der Waals surface area contributed by atoms with Gasteiger partial charge in [-0.15, -0.1) is 0 Å². The molecule has 4 heteroatoms. The summed E-state index contributed by atoms with van der Waals surface area (Å²) < 4.78 is 0. The number of hydrogen-bond acceptors (Lipinski definition) is 3. The first-order valence-corrected chi connectivity index (χ1v) is 6.39. The van der Waals surface area contributed by atoms with Crippen LogP contribution in [0.1, 0.15) is 45.4 Å². The van der Waals surface area contributed by atoms with Crippen LogP contribution >= 0.6 is 0 Å². The minimum Gasteiger partial charge on any atom is -0.395 e. The van der Waals surface area contributed by atoms with Gasteiger partial charge in [-0.2, -0.15) is 0 Å². The van der Waals surface area contributed by atoms with Crippen LogP contribution in [0.15, 0.2) is 0 Å². The highest BCUT2D eigenvalue weighted by Gasteiger charge is 2.15. The Morgan fingerprint density at radius 3 is 2.62 bits per heavy atom. The lowest BCUT2D eigenvalue weighted by Crippen LogP contribution is -2.44. The summed E-state index contributed by atoms with van der Waals surface area (Å²) in [6.07, 6.45) is 6.82. The van der Waals surface area contributed by atoms with Gasteiger partial charge in [-0.25, -0.2) is 0 Å². The van der Waals surface area contributed by atoms with Crippen LogP contribution in [-0.4, -0.2) is 36.2 Å². The molecule has 0 spiro atoms. The second-order valence-electron chi connectivity index (χ2n) is 4.57. The average Bonchev–Trinajstić information content (AvgIpc) is 2.31. The average molecular weight is 228 g/mol. The molecule has 0 radical (unpaired) electrons. The third-order valence-corrected chi connectivity index (χ3v) is 3.23. The van der Waals surface area contributed by atoms with Gasteiger partial charge in [0.1, 0.15) is 0 Å². The second kappa shape index (κ2) is 7.63. The number of carbonyl (C=O) groups is 1. The van der Waals surface area contributed by atoms with Gasteiger partial charge in [-0.05, 0) is 19.3 Å². The third kappa shape index (κ3) is 4.94. The lowest BCUT2D eigenvalue weighted by molar-refractivity contribution is -0.121. The minimum absolute atomic E-state index is 0.0390. The first-order valence-electron chi connectivity index (χ1n) is 6.39. The maximum atomic E-state index is 11.6. The molecule has 3 N–H and O–H groups in total. The number of amides is 1. The molecule has 0 saturated heterocycles. The predicted molar refractivity (Wildman–Crippen MR) is 64.2 cm³/mol. The second-order valence-corrected chi connectivity index (χ2v) is 4.57. The van der Waals surface area contributed by atoms with Crippen molar-refractivity contribution in [3.05, 3.63) is 0 Å². The summed E-state index contributed by atoms with van der Waals surface area (Å²) in [6.45, 7) is 2.40. The highest BCUT2D eigenvalue weighted by Crippen LogP contribution is 2.17. The summed E-state index contributed by atoms with van der Waals surface area (Å²) in [5.41, 5.74) is 0. The van der Waals surface area contributed by atoms with Crippen LogP contribution in [0.3, 0.4) is 0 Å². The molecule has 1 atom stereocenters. The molecular weight excluding hydrogens is 204 g/mol. The zero-order valence-corrected chi connectivity index (χ0v) is 10.2. The molecule has 16 heavy (non-hydrogen) atoms. The molecule has 0 aromatic heterocycles. The molecule has 0 bridgehead atoms. The van der Waals surface area contributed by atoms with Crippen LogP contribution < -0.4 is 10.6 Å². The van der Waals surface area contributed by atoms with Gasteiger partial charge in [0.15, 0.2) is 0 Å². The van der Waals surface area contributed by atoms with Crippen molar-refractivity contribution in [2.75, 3.05) is 13.2 Å². The molecule has 0 aromatic carbocycles. The van der Waals surface area contributed by atoms with Crippen molar-refractivity contribution in [3.8, 4) is 0 Å². The molecule has 1 saturated carbocycles. The van der Waals surface area contributed by atoms with Gasteiger partial charge in [0.25, 0.3) is 0 Å². The Morgan fingerprint density at radius 1 is 1.38 bits per heavy atom. The van der Waals surface area contributed by atoms with E-state index in [1.807, 2.05) is 6.92 Å². The van der Waals surface area contributed by atoms with E-state index in [1.165, 1.54) is 19.3 Å². The van der Waals surface area contributed by atoms with Crippen LogP contribution in [0.25, 0.3) is 0 Å². The number of hydrogen-bond donors (Lipinski definition) is 3. The van der Waals surface area contributed by atoms with E-state index in [2.05, 4.69) is 10.6 Å². The summed E-state index contributed by atoms with van der Waals surface area (Å²) in [7, 11) is 0. The Bertz CT molecular complexity index is 199. The topological polar surface area (TPSA) is 61.4 Å². The fourth-order valence-electron chi connectivity index (χ4n) is 2.10. The molecular formula is C12H24N2O2. The van der Waals surface area contributed by atoms with Gasteiger partial charge in [0.2, 0.25) is 5.91 Å². The van der Waals surface area contributed by atoms with E-state index in [0.29, 0.717) is 12.6 Å². The van der Waals surface area contributed by atoms with Crippen molar-refractivity contribution in [1.82, 2.24) is 10.6 Å². The predicted octanol–water partition coefficient (Wildman–Crippen LogP) is 0.796. The molecule has 0 aromatic rings. The molecule has 1 amide bonds. The molecule has 1 aliphatic carbocycles. The Morgan fingerprint density at radius 2 is 2.06 bits per heavy atom. The minimum atomic E-state index is 0.0390. The van der Waals surface area contributed by atoms with Crippen LogP contribution in [-0.2, 0) is 4.79 Å². The Kier molecular flexibility index (Phi) is 6.42. The molecule has 1 aliphatic rings. The molecule has 1 fully saturated rings. The Hall–Kier alpha value is -0.610. The van der Waals surface area contributed by atoms with Crippen LogP contribution in [0, 0.1) is 0 Å². The van der Waals surface area contributed by atoms with Crippen molar-refractivity contribution in [1.29, 1.82) is 0 Å². The Labute approximate surface area is 97.8 Å². The van der Waals surface area contributed by atoms with Crippen molar-refractivity contribution in [2.45, 2.75) is 57.5 Å². The van der Waals surface area contributed by atoms with E-state index in [0.717, 1.165) is 19.3 Å². The summed E-state index contributed by atoms with van der Waals surface area (Å²) in [5.74, 6) is 0.0544. The molecule has 0 heterocycles. The van der Waals surface area contributed by atoms with E-state index in [4.69, 9.17) is 5.11 Å².